The van der Waals surface area contributed by atoms with E-state index in [1.54, 1.807) is 10.9 Å². The number of rotatable bonds is 2. The van der Waals surface area contributed by atoms with Crippen LogP contribution in [0.1, 0.15) is 16.1 Å². The number of nitrogens with zero attached hydrogens (tertiary/aromatic N) is 3. The van der Waals surface area contributed by atoms with E-state index in [0.717, 1.165) is 15.7 Å². The van der Waals surface area contributed by atoms with Gasteiger partial charge in [0.1, 0.15) is 5.69 Å². The van der Waals surface area contributed by atoms with Crippen LogP contribution in [-0.2, 0) is 0 Å². The van der Waals surface area contributed by atoms with E-state index in [2.05, 4.69) is 26.2 Å². The maximum Gasteiger partial charge on any atom is 0.171 e. The molecule has 0 radical (unpaired) electrons. The average molecular weight is 266 g/mol. The largest absolute Gasteiger partial charge is 0.296 e. The van der Waals surface area contributed by atoms with Crippen molar-refractivity contribution < 1.29 is 4.79 Å². The first-order valence-corrected chi connectivity index (χ1v) is 5.14. The van der Waals surface area contributed by atoms with Crippen molar-refractivity contribution in [3.05, 3.63) is 40.1 Å². The van der Waals surface area contributed by atoms with Crippen LogP contribution in [0, 0.1) is 6.92 Å². The number of carbonyl (C=O) groups excluding carboxylic acids is 1. The van der Waals surface area contributed by atoms with E-state index in [1.807, 2.05) is 25.1 Å². The molecule has 1 aromatic carbocycles. The molecule has 0 atom stereocenters. The van der Waals surface area contributed by atoms with E-state index in [0.29, 0.717) is 12.0 Å². The summed E-state index contributed by atoms with van der Waals surface area (Å²) in [4.78, 5) is 10.5. The van der Waals surface area contributed by atoms with Crippen molar-refractivity contribution >= 4 is 22.2 Å². The lowest BCUT2D eigenvalue weighted by Crippen LogP contribution is -1.96. The highest BCUT2D eigenvalue weighted by molar-refractivity contribution is 9.10. The van der Waals surface area contributed by atoms with Gasteiger partial charge in [0.2, 0.25) is 0 Å². The van der Waals surface area contributed by atoms with E-state index >= 15 is 0 Å². The van der Waals surface area contributed by atoms with Crippen LogP contribution in [0.15, 0.2) is 28.9 Å². The molecule has 0 saturated heterocycles. The van der Waals surface area contributed by atoms with E-state index in [-0.39, 0.29) is 0 Å². The standard InChI is InChI=1S/C10H8BrN3O/c1-7-2-3-10(9(11)4-7)14-5-8(6-15)12-13-14/h2-6H,1H3. The van der Waals surface area contributed by atoms with Crippen molar-refractivity contribution in [2.24, 2.45) is 0 Å². The third kappa shape index (κ3) is 1.97. The molecular weight excluding hydrogens is 258 g/mol. The molecule has 0 fully saturated rings. The summed E-state index contributed by atoms with van der Waals surface area (Å²) in [5.41, 5.74) is 2.34. The minimum absolute atomic E-state index is 0.322. The fraction of sp³-hybridized carbons (Fsp3) is 0.100. The highest BCUT2D eigenvalue weighted by atomic mass is 79.9. The first-order valence-electron chi connectivity index (χ1n) is 4.35. The van der Waals surface area contributed by atoms with Gasteiger partial charge < -0.3 is 0 Å². The van der Waals surface area contributed by atoms with E-state index in [4.69, 9.17) is 0 Å². The zero-order valence-corrected chi connectivity index (χ0v) is 9.60. The van der Waals surface area contributed by atoms with Gasteiger partial charge >= 0.3 is 0 Å². The molecule has 0 aliphatic heterocycles. The van der Waals surface area contributed by atoms with Crippen LogP contribution >= 0.6 is 15.9 Å². The van der Waals surface area contributed by atoms with Gasteiger partial charge in [0.05, 0.1) is 11.9 Å². The molecule has 15 heavy (non-hydrogen) atoms. The Labute approximate surface area is 95.0 Å². The Bertz CT molecular complexity index is 507. The van der Waals surface area contributed by atoms with Crippen molar-refractivity contribution in [1.29, 1.82) is 0 Å². The van der Waals surface area contributed by atoms with Crippen molar-refractivity contribution in [3.8, 4) is 5.69 Å². The number of hydrogen-bond donors (Lipinski definition) is 0. The molecule has 0 bridgehead atoms. The van der Waals surface area contributed by atoms with Gasteiger partial charge in [-0.1, -0.05) is 11.3 Å². The summed E-state index contributed by atoms with van der Waals surface area (Å²) in [5.74, 6) is 0. The second kappa shape index (κ2) is 3.94. The Balaban J connectivity index is 2.49. The summed E-state index contributed by atoms with van der Waals surface area (Å²) in [6.07, 6.45) is 2.26. The van der Waals surface area contributed by atoms with Crippen LogP contribution in [0.4, 0.5) is 0 Å². The topological polar surface area (TPSA) is 47.8 Å². The van der Waals surface area contributed by atoms with Crippen LogP contribution in [0.2, 0.25) is 0 Å². The Hall–Kier alpha value is -1.49. The number of aromatic nitrogens is 3. The summed E-state index contributed by atoms with van der Waals surface area (Å²) in [6, 6.07) is 5.88. The molecule has 0 N–H and O–H groups in total. The fourth-order valence-corrected chi connectivity index (χ4v) is 1.92. The molecule has 0 spiro atoms. The maximum absolute atomic E-state index is 10.5. The molecule has 5 heteroatoms. The third-order valence-corrected chi connectivity index (χ3v) is 2.62. The number of aldehydes is 1. The van der Waals surface area contributed by atoms with E-state index in [1.165, 1.54) is 0 Å². The quantitative estimate of drug-likeness (QED) is 0.782. The highest BCUT2D eigenvalue weighted by Crippen LogP contribution is 2.21. The summed E-state index contributed by atoms with van der Waals surface area (Å²) < 4.78 is 2.48. The number of carbonyl (C=O) groups is 1. The zero-order valence-electron chi connectivity index (χ0n) is 8.01. The molecule has 76 valence electrons. The first kappa shape index (κ1) is 10.0. The Morgan fingerprint density at radius 1 is 1.47 bits per heavy atom. The molecule has 0 aliphatic rings. The van der Waals surface area contributed by atoms with Crippen molar-refractivity contribution in [2.75, 3.05) is 0 Å². The second-order valence-corrected chi connectivity index (χ2v) is 4.02. The smallest absolute Gasteiger partial charge is 0.171 e. The predicted molar refractivity (Wildman–Crippen MR) is 59.2 cm³/mol. The van der Waals surface area contributed by atoms with Crippen LogP contribution in [0.25, 0.3) is 5.69 Å². The third-order valence-electron chi connectivity index (χ3n) is 1.98. The lowest BCUT2D eigenvalue weighted by atomic mass is 10.2. The van der Waals surface area contributed by atoms with Gasteiger partial charge in [0.25, 0.3) is 0 Å². The van der Waals surface area contributed by atoms with Gasteiger partial charge in [-0.3, -0.25) is 4.79 Å². The Morgan fingerprint density at radius 3 is 2.87 bits per heavy atom. The molecule has 0 saturated carbocycles. The number of aryl methyl sites for hydroxylation is 1. The van der Waals surface area contributed by atoms with Gasteiger partial charge in [0.15, 0.2) is 6.29 Å². The molecular formula is C10H8BrN3O. The fourth-order valence-electron chi connectivity index (χ4n) is 1.25. The minimum atomic E-state index is 0.322. The molecule has 0 unspecified atom stereocenters. The number of halogens is 1. The van der Waals surface area contributed by atoms with Crippen LogP contribution < -0.4 is 0 Å². The lowest BCUT2D eigenvalue weighted by Gasteiger charge is -2.03. The van der Waals surface area contributed by atoms with Crippen LogP contribution in [-0.4, -0.2) is 21.3 Å². The predicted octanol–water partition coefficient (Wildman–Crippen LogP) is 2.15. The van der Waals surface area contributed by atoms with Crippen LogP contribution in [0.5, 0.6) is 0 Å². The number of benzene rings is 1. The Morgan fingerprint density at radius 2 is 2.27 bits per heavy atom. The SMILES string of the molecule is Cc1ccc(-n2cc(C=O)nn2)c(Br)c1. The first-order chi connectivity index (χ1) is 7.20. The maximum atomic E-state index is 10.5. The minimum Gasteiger partial charge on any atom is -0.296 e. The molecule has 1 heterocycles. The summed E-state index contributed by atoms with van der Waals surface area (Å²) in [5, 5.41) is 7.55. The second-order valence-electron chi connectivity index (χ2n) is 3.16. The molecule has 0 aliphatic carbocycles. The van der Waals surface area contributed by atoms with E-state index < -0.39 is 0 Å². The molecule has 0 amide bonds. The van der Waals surface area contributed by atoms with Gasteiger partial charge in [-0.15, -0.1) is 5.10 Å². The van der Waals surface area contributed by atoms with Gasteiger partial charge in [-0.25, -0.2) is 4.68 Å². The molecule has 1 aromatic heterocycles. The zero-order chi connectivity index (χ0) is 10.8. The van der Waals surface area contributed by atoms with Crippen molar-refractivity contribution in [3.63, 3.8) is 0 Å². The summed E-state index contributed by atoms with van der Waals surface area (Å²) in [7, 11) is 0. The molecule has 2 aromatic rings. The highest BCUT2D eigenvalue weighted by Gasteiger charge is 2.05. The molecule has 4 nitrogen and oxygen atoms in total. The van der Waals surface area contributed by atoms with Gasteiger partial charge in [0, 0.05) is 4.47 Å². The Kier molecular flexibility index (Phi) is 2.64. The van der Waals surface area contributed by atoms with Crippen molar-refractivity contribution in [2.45, 2.75) is 6.92 Å². The van der Waals surface area contributed by atoms with Gasteiger partial charge in [-0.05, 0) is 40.5 Å². The normalized spacial score (nSPS) is 10.3. The lowest BCUT2D eigenvalue weighted by molar-refractivity contribution is 0.111. The monoisotopic (exact) mass is 265 g/mol. The van der Waals surface area contributed by atoms with Gasteiger partial charge in [-0.2, -0.15) is 0 Å². The average Bonchev–Trinajstić information content (AvgIpc) is 2.66. The number of hydrogen-bond acceptors (Lipinski definition) is 3. The summed E-state index contributed by atoms with van der Waals surface area (Å²) in [6.45, 7) is 2.01. The van der Waals surface area contributed by atoms with E-state index in [9.17, 15) is 4.79 Å². The summed E-state index contributed by atoms with van der Waals surface area (Å²) >= 11 is 3.44. The molecule has 2 rings (SSSR count). The van der Waals surface area contributed by atoms with Crippen molar-refractivity contribution in [1.82, 2.24) is 15.0 Å². The van der Waals surface area contributed by atoms with Crippen LogP contribution in [0.3, 0.4) is 0 Å².